The fourth-order valence-corrected chi connectivity index (χ4v) is 2.96. The number of fused-ring (bicyclic) bond motifs is 1. The highest BCUT2D eigenvalue weighted by atomic mass is 19.1. The molecule has 8 nitrogen and oxygen atoms in total. The summed E-state index contributed by atoms with van der Waals surface area (Å²) in [5.41, 5.74) is 7.99. The highest BCUT2D eigenvalue weighted by Gasteiger charge is 2.13. The molecule has 0 aliphatic carbocycles. The van der Waals surface area contributed by atoms with Crippen molar-refractivity contribution in [3.8, 4) is 11.8 Å². The number of unbranched alkanes of at least 4 members (excludes halogenated alkanes) is 1. The molecule has 3 aromatic rings. The Morgan fingerprint density at radius 2 is 1.97 bits per heavy atom. The minimum absolute atomic E-state index is 0.209. The number of nitrogens with two attached hydrogens (primary N) is 1. The number of benzene rings is 1. The van der Waals surface area contributed by atoms with Crippen LogP contribution in [0.3, 0.4) is 0 Å². The van der Waals surface area contributed by atoms with Crippen molar-refractivity contribution in [3.05, 3.63) is 41.5 Å². The summed E-state index contributed by atoms with van der Waals surface area (Å²) in [6.07, 6.45) is 4.85. The van der Waals surface area contributed by atoms with E-state index in [1.807, 2.05) is 20.2 Å². The first-order valence-corrected chi connectivity index (χ1v) is 10.2. The Morgan fingerprint density at radius 3 is 2.70 bits per heavy atom. The molecular weight excluding hydrogens is 387 g/mol. The number of ether oxygens (including phenoxy) is 2. The fraction of sp³-hybridized carbons (Fsp3) is 0.476. The lowest BCUT2D eigenvalue weighted by Crippen LogP contribution is -2.15. The summed E-state index contributed by atoms with van der Waals surface area (Å²) >= 11 is 0. The van der Waals surface area contributed by atoms with Crippen molar-refractivity contribution in [1.29, 1.82) is 0 Å². The van der Waals surface area contributed by atoms with Crippen LogP contribution in [0.25, 0.3) is 5.65 Å². The van der Waals surface area contributed by atoms with Crippen LogP contribution < -0.4 is 15.2 Å². The summed E-state index contributed by atoms with van der Waals surface area (Å²) in [5, 5.41) is 4.39. The van der Waals surface area contributed by atoms with E-state index in [4.69, 9.17) is 15.2 Å². The van der Waals surface area contributed by atoms with Crippen LogP contribution in [-0.4, -0.2) is 58.3 Å². The molecule has 30 heavy (non-hydrogen) atoms. The third kappa shape index (κ3) is 5.56. The number of aromatic nitrogens is 4. The van der Waals surface area contributed by atoms with Crippen molar-refractivity contribution in [3.63, 3.8) is 0 Å². The van der Waals surface area contributed by atoms with Gasteiger partial charge in [0, 0.05) is 13.0 Å². The van der Waals surface area contributed by atoms with Crippen LogP contribution in [0.5, 0.6) is 11.8 Å². The highest BCUT2D eigenvalue weighted by molar-refractivity contribution is 5.59. The topological polar surface area (TPSA) is 90.8 Å². The van der Waals surface area contributed by atoms with Gasteiger partial charge in [0.2, 0.25) is 0 Å². The molecule has 0 atom stereocenters. The Hall–Kier alpha value is -2.94. The number of imidazole rings is 1. The average molecular weight is 417 g/mol. The monoisotopic (exact) mass is 416 g/mol. The average Bonchev–Trinajstić information content (AvgIpc) is 3.10. The molecule has 0 saturated carbocycles. The van der Waals surface area contributed by atoms with Gasteiger partial charge < -0.3 is 20.1 Å². The maximum Gasteiger partial charge on any atom is 0.336 e. The Labute approximate surface area is 175 Å². The molecule has 162 valence electrons. The van der Waals surface area contributed by atoms with Crippen LogP contribution in [0, 0.1) is 5.82 Å². The molecular formula is C21H29FN6O2. The molecule has 2 heterocycles. The molecule has 0 spiro atoms. The van der Waals surface area contributed by atoms with E-state index < -0.39 is 0 Å². The molecule has 0 radical (unpaired) electrons. The summed E-state index contributed by atoms with van der Waals surface area (Å²) in [6.45, 7) is 3.96. The van der Waals surface area contributed by atoms with Gasteiger partial charge in [0.15, 0.2) is 23.0 Å². The molecule has 0 amide bonds. The quantitative estimate of drug-likeness (QED) is 0.481. The van der Waals surface area contributed by atoms with Crippen LogP contribution in [0.15, 0.2) is 24.4 Å². The Balaban J connectivity index is 1.71. The van der Waals surface area contributed by atoms with Crippen LogP contribution >= 0.6 is 0 Å². The van der Waals surface area contributed by atoms with E-state index >= 15 is 0 Å². The van der Waals surface area contributed by atoms with Gasteiger partial charge in [-0.1, -0.05) is 19.4 Å². The van der Waals surface area contributed by atoms with Gasteiger partial charge in [0.05, 0.1) is 25.1 Å². The van der Waals surface area contributed by atoms with Crippen LogP contribution in [0.2, 0.25) is 0 Å². The zero-order valence-corrected chi connectivity index (χ0v) is 17.8. The first kappa shape index (κ1) is 21.8. The third-order valence-electron chi connectivity index (χ3n) is 4.56. The molecule has 0 aliphatic rings. The zero-order chi connectivity index (χ0) is 21.5. The number of anilines is 1. The van der Waals surface area contributed by atoms with Gasteiger partial charge in [-0.25, -0.2) is 13.9 Å². The zero-order valence-electron chi connectivity index (χ0n) is 17.8. The normalized spacial score (nSPS) is 11.4. The van der Waals surface area contributed by atoms with E-state index in [9.17, 15) is 4.39 Å². The fourth-order valence-electron chi connectivity index (χ4n) is 2.96. The van der Waals surface area contributed by atoms with E-state index in [1.165, 1.54) is 6.07 Å². The van der Waals surface area contributed by atoms with Crippen molar-refractivity contribution in [2.75, 3.05) is 39.6 Å². The maximum absolute atomic E-state index is 14.5. The summed E-state index contributed by atoms with van der Waals surface area (Å²) < 4.78 is 27.2. The molecule has 0 unspecified atom stereocenters. The maximum atomic E-state index is 14.5. The molecule has 0 bridgehead atoms. The van der Waals surface area contributed by atoms with Crippen LogP contribution in [-0.2, 0) is 6.42 Å². The van der Waals surface area contributed by atoms with Crippen molar-refractivity contribution in [2.45, 2.75) is 32.6 Å². The minimum Gasteiger partial charge on any atom is -0.490 e. The second kappa shape index (κ2) is 10.2. The SMILES string of the molecule is CCCCOc1nc(N)c2ncc(Cc3ccc(OCCCN(C)C)c(F)c3)n2n1. The minimum atomic E-state index is -0.385. The first-order valence-electron chi connectivity index (χ1n) is 10.2. The predicted molar refractivity (Wildman–Crippen MR) is 113 cm³/mol. The standard InChI is InChI=1S/C21H29FN6O2/c1-4-5-10-30-21-25-19(23)20-24-14-16(28(20)26-21)12-15-7-8-18(17(22)13-15)29-11-6-9-27(2)3/h7-8,13-14H,4-6,9-12H2,1-3H3,(H2,23,25,26). The van der Waals surface area contributed by atoms with E-state index in [2.05, 4.69) is 26.9 Å². The van der Waals surface area contributed by atoms with E-state index in [0.29, 0.717) is 25.3 Å². The van der Waals surface area contributed by atoms with Gasteiger partial charge in [-0.05, 0) is 44.6 Å². The molecule has 2 aromatic heterocycles. The summed E-state index contributed by atoms with van der Waals surface area (Å²) in [5.74, 6) is 0.119. The molecule has 0 saturated heterocycles. The lowest BCUT2D eigenvalue weighted by atomic mass is 10.1. The van der Waals surface area contributed by atoms with Gasteiger partial charge in [-0.3, -0.25) is 0 Å². The van der Waals surface area contributed by atoms with Crippen molar-refractivity contribution < 1.29 is 13.9 Å². The summed E-state index contributed by atoms with van der Waals surface area (Å²) in [6, 6.07) is 5.18. The van der Waals surface area contributed by atoms with Gasteiger partial charge in [-0.2, -0.15) is 4.98 Å². The first-order chi connectivity index (χ1) is 14.5. The molecule has 9 heteroatoms. The Morgan fingerprint density at radius 1 is 1.17 bits per heavy atom. The Bertz CT molecular complexity index is 976. The predicted octanol–water partition coefficient (Wildman–Crippen LogP) is 2.95. The number of nitrogens with zero attached hydrogens (tertiary/aromatic N) is 5. The largest absolute Gasteiger partial charge is 0.490 e. The molecule has 0 aliphatic heterocycles. The number of hydrogen-bond acceptors (Lipinski definition) is 7. The second-order valence-electron chi connectivity index (χ2n) is 7.41. The molecule has 2 N–H and O–H groups in total. The number of hydrogen-bond donors (Lipinski definition) is 1. The highest BCUT2D eigenvalue weighted by Crippen LogP contribution is 2.22. The van der Waals surface area contributed by atoms with Gasteiger partial charge in [0.1, 0.15) is 0 Å². The van der Waals surface area contributed by atoms with Gasteiger partial charge in [0.25, 0.3) is 0 Å². The van der Waals surface area contributed by atoms with Crippen molar-refractivity contribution in [1.82, 2.24) is 24.5 Å². The smallest absolute Gasteiger partial charge is 0.336 e. The van der Waals surface area contributed by atoms with Crippen LogP contribution in [0.4, 0.5) is 10.2 Å². The van der Waals surface area contributed by atoms with E-state index in [1.54, 1.807) is 16.8 Å². The van der Waals surface area contributed by atoms with E-state index in [-0.39, 0.29) is 23.4 Å². The van der Waals surface area contributed by atoms with Gasteiger partial charge >= 0.3 is 6.01 Å². The second-order valence-corrected chi connectivity index (χ2v) is 7.41. The lowest BCUT2D eigenvalue weighted by Gasteiger charge is -2.11. The lowest BCUT2D eigenvalue weighted by molar-refractivity contribution is 0.271. The van der Waals surface area contributed by atoms with Crippen molar-refractivity contribution in [2.24, 2.45) is 0 Å². The van der Waals surface area contributed by atoms with Crippen molar-refractivity contribution >= 4 is 11.5 Å². The number of halogens is 1. The molecule has 3 rings (SSSR count). The third-order valence-corrected chi connectivity index (χ3v) is 4.56. The summed E-state index contributed by atoms with van der Waals surface area (Å²) in [7, 11) is 3.99. The van der Waals surface area contributed by atoms with E-state index in [0.717, 1.165) is 37.1 Å². The van der Waals surface area contributed by atoms with Crippen LogP contribution in [0.1, 0.15) is 37.4 Å². The Kier molecular flexibility index (Phi) is 7.40. The summed E-state index contributed by atoms with van der Waals surface area (Å²) in [4.78, 5) is 10.5. The molecule has 1 aromatic carbocycles. The number of nitrogen functional groups attached to an aromatic ring is 1. The van der Waals surface area contributed by atoms with Gasteiger partial charge in [-0.15, -0.1) is 5.10 Å². The molecule has 0 fully saturated rings. The number of rotatable bonds is 11.